The number of hydrogen-bond donors (Lipinski definition) is 0. The quantitative estimate of drug-likeness (QED) is 0.734. The van der Waals surface area contributed by atoms with Gasteiger partial charge in [0.1, 0.15) is 6.07 Å². The van der Waals surface area contributed by atoms with Crippen LogP contribution in [0.2, 0.25) is 0 Å². The predicted octanol–water partition coefficient (Wildman–Crippen LogP) is 2.60. The van der Waals surface area contributed by atoms with Gasteiger partial charge < -0.3 is 14.1 Å². The van der Waals surface area contributed by atoms with Crippen molar-refractivity contribution in [2.45, 2.75) is 12.5 Å². The summed E-state index contributed by atoms with van der Waals surface area (Å²) < 4.78 is 12.8. The smallest absolute Gasteiger partial charge is 0.289 e. The first kappa shape index (κ1) is 15.3. The first-order chi connectivity index (χ1) is 12.2. The van der Waals surface area contributed by atoms with Gasteiger partial charge in [-0.1, -0.05) is 12.1 Å². The van der Waals surface area contributed by atoms with Gasteiger partial charge >= 0.3 is 0 Å². The second-order valence-corrected chi connectivity index (χ2v) is 6.00. The van der Waals surface area contributed by atoms with Crippen LogP contribution < -0.4 is 4.74 Å². The van der Waals surface area contributed by atoms with E-state index in [2.05, 4.69) is 11.2 Å². The molecule has 3 aromatic rings. The van der Waals surface area contributed by atoms with E-state index in [1.165, 1.54) is 6.20 Å². The second kappa shape index (κ2) is 5.98. The van der Waals surface area contributed by atoms with Crippen LogP contribution in [0.5, 0.6) is 5.75 Å². The molecule has 126 valence electrons. The van der Waals surface area contributed by atoms with Crippen LogP contribution in [0, 0.1) is 11.3 Å². The van der Waals surface area contributed by atoms with E-state index in [0.29, 0.717) is 35.7 Å². The van der Waals surface area contributed by atoms with Gasteiger partial charge in [0.15, 0.2) is 17.1 Å². The fourth-order valence-electron chi connectivity index (χ4n) is 3.20. The molecule has 1 unspecified atom stereocenters. The van der Waals surface area contributed by atoms with E-state index in [-0.39, 0.29) is 11.9 Å². The molecule has 0 saturated carbocycles. The highest BCUT2D eigenvalue weighted by atomic mass is 16.5. The Morgan fingerprint density at radius 1 is 1.48 bits per heavy atom. The van der Waals surface area contributed by atoms with Crippen molar-refractivity contribution in [2.75, 3.05) is 20.2 Å². The van der Waals surface area contributed by atoms with Crippen LogP contribution in [-0.2, 0) is 0 Å². The molecule has 1 aliphatic heterocycles. The number of hydrogen-bond acceptors (Lipinski definition) is 5. The molecule has 1 aromatic carbocycles. The normalized spacial score (nSPS) is 17.0. The topological polar surface area (TPSA) is 84.3 Å². The number of benzene rings is 1. The van der Waals surface area contributed by atoms with Crippen LogP contribution in [0.25, 0.3) is 11.0 Å². The first-order valence-corrected chi connectivity index (χ1v) is 7.99. The zero-order valence-corrected chi connectivity index (χ0v) is 13.7. The molecule has 0 N–H and O–H groups in total. The summed E-state index contributed by atoms with van der Waals surface area (Å²) in [6.07, 6.45) is 4.04. The van der Waals surface area contributed by atoms with E-state index in [1.807, 2.05) is 12.1 Å². The standard InChI is InChI=1S/C18H16N4O3/c1-24-15-4-2-3-13-7-16(25-17(13)15)18(23)21-6-5-14(11-21)22-10-12(8-19)9-20-22/h2-4,7,9-10,14H,5-6,11H2,1H3. The third-order valence-corrected chi connectivity index (χ3v) is 4.49. The Labute approximate surface area is 144 Å². The average molecular weight is 336 g/mol. The summed E-state index contributed by atoms with van der Waals surface area (Å²) in [7, 11) is 1.57. The van der Waals surface area contributed by atoms with E-state index in [0.717, 1.165) is 11.8 Å². The maximum Gasteiger partial charge on any atom is 0.289 e. The van der Waals surface area contributed by atoms with Gasteiger partial charge in [-0.3, -0.25) is 9.48 Å². The third kappa shape index (κ3) is 2.62. The monoisotopic (exact) mass is 336 g/mol. The summed E-state index contributed by atoms with van der Waals surface area (Å²) in [4.78, 5) is 14.5. The van der Waals surface area contributed by atoms with E-state index in [1.54, 1.807) is 35.0 Å². The molecule has 7 nitrogen and oxygen atoms in total. The highest BCUT2D eigenvalue weighted by Crippen LogP contribution is 2.30. The number of fused-ring (bicyclic) bond motifs is 1. The molecule has 2 aromatic heterocycles. The second-order valence-electron chi connectivity index (χ2n) is 6.00. The number of likely N-dealkylation sites (tertiary alicyclic amines) is 1. The Hall–Kier alpha value is -3.27. The van der Waals surface area contributed by atoms with Crippen LogP contribution in [0.1, 0.15) is 28.6 Å². The SMILES string of the molecule is COc1cccc2cc(C(=O)N3CCC(n4cc(C#N)cn4)C3)oc12. The van der Waals surface area contributed by atoms with Gasteiger partial charge in [0.05, 0.1) is 24.9 Å². The molecule has 1 atom stereocenters. The lowest BCUT2D eigenvalue weighted by Crippen LogP contribution is -2.28. The maximum atomic E-state index is 12.8. The molecule has 3 heterocycles. The predicted molar refractivity (Wildman–Crippen MR) is 89.3 cm³/mol. The Morgan fingerprint density at radius 2 is 2.36 bits per heavy atom. The summed E-state index contributed by atoms with van der Waals surface area (Å²) in [5, 5.41) is 14.0. The number of methoxy groups -OCH3 is 1. The highest BCUT2D eigenvalue weighted by molar-refractivity contribution is 5.97. The van der Waals surface area contributed by atoms with Crippen molar-refractivity contribution in [1.29, 1.82) is 5.26 Å². The molecule has 4 rings (SSSR count). The minimum absolute atomic E-state index is 0.0740. The average Bonchev–Trinajstić information content (AvgIpc) is 3.38. The summed E-state index contributed by atoms with van der Waals surface area (Å²) >= 11 is 0. The number of aromatic nitrogens is 2. The lowest BCUT2D eigenvalue weighted by molar-refractivity contribution is 0.0757. The fourth-order valence-corrected chi connectivity index (χ4v) is 3.20. The molecule has 0 radical (unpaired) electrons. The third-order valence-electron chi connectivity index (χ3n) is 4.49. The van der Waals surface area contributed by atoms with Crippen molar-refractivity contribution in [3.63, 3.8) is 0 Å². The molecule has 7 heteroatoms. The van der Waals surface area contributed by atoms with Crippen molar-refractivity contribution in [2.24, 2.45) is 0 Å². The van der Waals surface area contributed by atoms with E-state index in [4.69, 9.17) is 14.4 Å². The Kier molecular flexibility index (Phi) is 3.65. The minimum atomic E-state index is -0.145. The molecule has 25 heavy (non-hydrogen) atoms. The van der Waals surface area contributed by atoms with Crippen molar-refractivity contribution in [3.05, 3.63) is 48.0 Å². The molecular weight excluding hydrogens is 320 g/mol. The largest absolute Gasteiger partial charge is 0.493 e. The molecule has 0 spiro atoms. The number of amides is 1. The zero-order valence-electron chi connectivity index (χ0n) is 13.7. The Morgan fingerprint density at radius 3 is 3.12 bits per heavy atom. The number of nitrogens with zero attached hydrogens (tertiary/aromatic N) is 4. The van der Waals surface area contributed by atoms with E-state index >= 15 is 0 Å². The van der Waals surface area contributed by atoms with Gasteiger partial charge in [0.2, 0.25) is 0 Å². The Balaban J connectivity index is 1.55. The molecule has 1 saturated heterocycles. The number of furan rings is 1. The van der Waals surface area contributed by atoms with Crippen LogP contribution >= 0.6 is 0 Å². The number of ether oxygens (including phenoxy) is 1. The van der Waals surface area contributed by atoms with Crippen LogP contribution in [-0.4, -0.2) is 40.8 Å². The molecule has 0 aliphatic carbocycles. The Bertz CT molecular complexity index is 982. The van der Waals surface area contributed by atoms with Crippen LogP contribution in [0.15, 0.2) is 41.1 Å². The van der Waals surface area contributed by atoms with E-state index in [9.17, 15) is 4.79 Å². The van der Waals surface area contributed by atoms with Crippen molar-refractivity contribution >= 4 is 16.9 Å². The highest BCUT2D eigenvalue weighted by Gasteiger charge is 2.30. The maximum absolute atomic E-state index is 12.8. The first-order valence-electron chi connectivity index (χ1n) is 7.99. The number of carbonyl (C=O) groups excluding carboxylic acids is 1. The number of carbonyl (C=O) groups is 1. The lowest BCUT2D eigenvalue weighted by Gasteiger charge is -2.15. The van der Waals surface area contributed by atoms with Crippen molar-refractivity contribution < 1.29 is 13.9 Å². The van der Waals surface area contributed by atoms with Gasteiger partial charge in [-0.15, -0.1) is 0 Å². The van der Waals surface area contributed by atoms with E-state index < -0.39 is 0 Å². The van der Waals surface area contributed by atoms with Crippen molar-refractivity contribution in [3.8, 4) is 11.8 Å². The summed E-state index contributed by atoms with van der Waals surface area (Å²) in [6.45, 7) is 1.17. The lowest BCUT2D eigenvalue weighted by atomic mass is 10.2. The van der Waals surface area contributed by atoms with Crippen molar-refractivity contribution in [1.82, 2.24) is 14.7 Å². The van der Waals surface area contributed by atoms with Crippen LogP contribution in [0.4, 0.5) is 0 Å². The summed E-state index contributed by atoms with van der Waals surface area (Å²) in [5.41, 5.74) is 1.10. The minimum Gasteiger partial charge on any atom is -0.493 e. The fraction of sp³-hybridized carbons (Fsp3) is 0.278. The number of nitriles is 1. The molecule has 1 aliphatic rings. The number of para-hydroxylation sites is 1. The number of rotatable bonds is 3. The van der Waals surface area contributed by atoms with Crippen LogP contribution in [0.3, 0.4) is 0 Å². The molecule has 0 bridgehead atoms. The zero-order chi connectivity index (χ0) is 17.4. The van der Waals surface area contributed by atoms with Gasteiger partial charge in [-0.25, -0.2) is 0 Å². The molecular formula is C18H16N4O3. The van der Waals surface area contributed by atoms with Gasteiger partial charge in [0.25, 0.3) is 5.91 Å². The summed E-state index contributed by atoms with van der Waals surface area (Å²) in [6, 6.07) is 9.44. The van der Waals surface area contributed by atoms with Gasteiger partial charge in [0, 0.05) is 24.7 Å². The molecule has 1 amide bonds. The van der Waals surface area contributed by atoms with Gasteiger partial charge in [-0.2, -0.15) is 10.4 Å². The molecule has 1 fully saturated rings. The summed E-state index contributed by atoms with van der Waals surface area (Å²) in [5.74, 6) is 0.767. The van der Waals surface area contributed by atoms with Gasteiger partial charge in [-0.05, 0) is 18.6 Å².